The topological polar surface area (TPSA) is 95.7 Å². The molecule has 3 fully saturated rings. The molecule has 3 N–H and O–H groups in total. The molecule has 2 saturated heterocycles. The fourth-order valence-corrected chi connectivity index (χ4v) is 5.30. The summed E-state index contributed by atoms with van der Waals surface area (Å²) < 4.78 is 0. The van der Waals surface area contributed by atoms with Crippen LogP contribution >= 0.6 is 0 Å². The number of nitrogens with zero attached hydrogens (tertiary/aromatic N) is 2. The highest BCUT2D eigenvalue weighted by molar-refractivity contribution is 6.05. The Labute approximate surface area is 157 Å². The molecule has 3 heterocycles. The Balaban J connectivity index is 1.32. The average molecular weight is 368 g/mol. The van der Waals surface area contributed by atoms with E-state index in [-0.39, 0.29) is 24.1 Å². The van der Waals surface area contributed by atoms with Crippen molar-refractivity contribution in [3.8, 4) is 0 Å². The highest BCUT2D eigenvalue weighted by Gasteiger charge is 2.44. The Bertz CT molecular complexity index is 839. The van der Waals surface area contributed by atoms with Gasteiger partial charge in [-0.25, -0.2) is 0 Å². The number of nitrogens with one attached hydrogen (secondary N) is 1. The van der Waals surface area contributed by atoms with Crippen molar-refractivity contribution in [1.82, 2.24) is 15.1 Å². The highest BCUT2D eigenvalue weighted by Crippen LogP contribution is 2.38. The number of imide groups is 1. The van der Waals surface area contributed by atoms with Crippen LogP contribution in [0.3, 0.4) is 0 Å². The van der Waals surface area contributed by atoms with E-state index in [0.717, 1.165) is 18.7 Å². The lowest BCUT2D eigenvalue weighted by atomic mass is 10.0. The zero-order valence-corrected chi connectivity index (χ0v) is 15.2. The van der Waals surface area contributed by atoms with Gasteiger partial charge >= 0.3 is 0 Å². The van der Waals surface area contributed by atoms with Crippen molar-refractivity contribution >= 4 is 17.7 Å². The fraction of sp³-hybridized carbons (Fsp3) is 0.550. The second kappa shape index (κ2) is 6.14. The van der Waals surface area contributed by atoms with Crippen LogP contribution in [-0.2, 0) is 22.7 Å². The molecule has 1 unspecified atom stereocenters. The van der Waals surface area contributed by atoms with E-state index in [4.69, 9.17) is 5.73 Å². The number of likely N-dealkylation sites (tertiary alicyclic amines) is 1. The number of hydrogen-bond acceptors (Lipinski definition) is 5. The Morgan fingerprint density at radius 2 is 2.00 bits per heavy atom. The Hall–Kier alpha value is -2.25. The molecule has 3 aliphatic heterocycles. The maximum Gasteiger partial charge on any atom is 0.255 e. The molecule has 1 saturated carbocycles. The number of benzene rings is 1. The predicted molar refractivity (Wildman–Crippen MR) is 97.4 cm³/mol. The van der Waals surface area contributed by atoms with Crippen molar-refractivity contribution in [2.45, 2.75) is 56.9 Å². The van der Waals surface area contributed by atoms with Crippen LogP contribution in [0, 0.1) is 5.92 Å². The normalized spacial score (nSPS) is 32.9. The van der Waals surface area contributed by atoms with Crippen molar-refractivity contribution in [3.05, 3.63) is 34.9 Å². The van der Waals surface area contributed by atoms with E-state index in [9.17, 15) is 14.4 Å². The number of carbonyl (C=O) groups is 3. The molecule has 142 valence electrons. The zero-order valence-electron chi connectivity index (χ0n) is 15.2. The zero-order chi connectivity index (χ0) is 18.7. The van der Waals surface area contributed by atoms with Gasteiger partial charge in [0.2, 0.25) is 11.8 Å². The Kier molecular flexibility index (Phi) is 3.84. The summed E-state index contributed by atoms with van der Waals surface area (Å²) in [7, 11) is 0. The minimum absolute atomic E-state index is 0.117. The van der Waals surface area contributed by atoms with E-state index >= 15 is 0 Å². The summed E-state index contributed by atoms with van der Waals surface area (Å²) >= 11 is 0. The average Bonchev–Trinajstić information content (AvgIpc) is 3.25. The van der Waals surface area contributed by atoms with Gasteiger partial charge < -0.3 is 10.6 Å². The molecule has 2 bridgehead atoms. The number of hydrogen-bond donors (Lipinski definition) is 2. The van der Waals surface area contributed by atoms with Crippen LogP contribution in [-0.4, -0.2) is 52.2 Å². The van der Waals surface area contributed by atoms with Gasteiger partial charge in [0.1, 0.15) is 6.04 Å². The van der Waals surface area contributed by atoms with E-state index in [1.54, 1.807) is 4.90 Å². The maximum absolute atomic E-state index is 12.8. The summed E-state index contributed by atoms with van der Waals surface area (Å²) in [6.07, 6.45) is 3.09. The van der Waals surface area contributed by atoms with Gasteiger partial charge in [0.25, 0.3) is 5.91 Å². The van der Waals surface area contributed by atoms with E-state index in [1.165, 1.54) is 18.4 Å². The van der Waals surface area contributed by atoms with E-state index in [1.807, 2.05) is 12.1 Å². The number of rotatable bonds is 3. The molecule has 0 aromatic heterocycles. The van der Waals surface area contributed by atoms with Crippen molar-refractivity contribution in [3.63, 3.8) is 0 Å². The lowest BCUT2D eigenvalue weighted by molar-refractivity contribution is -0.136. The number of nitrogens with two attached hydrogens (primary N) is 1. The summed E-state index contributed by atoms with van der Waals surface area (Å²) in [4.78, 5) is 40.3. The van der Waals surface area contributed by atoms with Gasteiger partial charge in [-0.2, -0.15) is 0 Å². The molecule has 1 aromatic carbocycles. The van der Waals surface area contributed by atoms with Crippen molar-refractivity contribution in [2.75, 3.05) is 6.54 Å². The largest absolute Gasteiger partial charge is 0.326 e. The molecular formula is C20H24N4O3. The molecule has 3 amide bonds. The van der Waals surface area contributed by atoms with Gasteiger partial charge in [-0.3, -0.25) is 24.6 Å². The van der Waals surface area contributed by atoms with Crippen molar-refractivity contribution < 1.29 is 14.4 Å². The second-order valence-electron chi connectivity index (χ2n) is 8.30. The van der Waals surface area contributed by atoms with Crippen LogP contribution in [0.5, 0.6) is 0 Å². The summed E-state index contributed by atoms with van der Waals surface area (Å²) in [6.45, 7) is 2.35. The van der Waals surface area contributed by atoms with Crippen LogP contribution < -0.4 is 11.1 Å². The number of piperidine rings is 2. The van der Waals surface area contributed by atoms with Crippen molar-refractivity contribution in [1.29, 1.82) is 0 Å². The van der Waals surface area contributed by atoms with Crippen LogP contribution in [0.25, 0.3) is 0 Å². The third-order valence-corrected chi connectivity index (χ3v) is 6.73. The standard InChI is InChI=1S/C20H24N4O3/c21-18-12-2-4-15(18)23(9-12)8-11-1-3-14-13(7-11)10-24(20(14)27)16-5-6-17(25)22-19(16)26/h1,3,7,12,15-16,18H,2,4-6,8-10,21H2,(H,22,25,26)/t12-,15-,16?,18-/m1/s1. The fourth-order valence-electron chi connectivity index (χ4n) is 5.30. The molecule has 5 rings (SSSR count). The Morgan fingerprint density at radius 1 is 1.15 bits per heavy atom. The molecule has 1 aromatic rings. The first kappa shape index (κ1) is 16.9. The van der Waals surface area contributed by atoms with Crippen LogP contribution in [0.2, 0.25) is 0 Å². The molecular weight excluding hydrogens is 344 g/mol. The summed E-state index contributed by atoms with van der Waals surface area (Å²) in [5.41, 5.74) is 9.13. The molecule has 1 aliphatic carbocycles. The summed E-state index contributed by atoms with van der Waals surface area (Å²) in [5.74, 6) is -0.127. The van der Waals surface area contributed by atoms with Gasteiger partial charge in [0.05, 0.1) is 0 Å². The molecule has 4 atom stereocenters. The third-order valence-electron chi connectivity index (χ3n) is 6.73. The lowest BCUT2D eigenvalue weighted by Gasteiger charge is -2.29. The number of carbonyl (C=O) groups excluding carboxylic acids is 3. The maximum atomic E-state index is 12.8. The predicted octanol–water partition coefficient (Wildman–Crippen LogP) is 0.369. The second-order valence-corrected chi connectivity index (χ2v) is 8.30. The first-order chi connectivity index (χ1) is 13.0. The van der Waals surface area contributed by atoms with Gasteiger partial charge in [0, 0.05) is 43.7 Å². The van der Waals surface area contributed by atoms with Gasteiger partial charge in [-0.15, -0.1) is 0 Å². The molecule has 7 nitrogen and oxygen atoms in total. The molecule has 0 spiro atoms. The van der Waals surface area contributed by atoms with Crippen LogP contribution in [0.4, 0.5) is 0 Å². The van der Waals surface area contributed by atoms with Gasteiger partial charge in [-0.1, -0.05) is 12.1 Å². The van der Waals surface area contributed by atoms with Crippen LogP contribution in [0.15, 0.2) is 18.2 Å². The van der Waals surface area contributed by atoms with E-state index < -0.39 is 6.04 Å². The Morgan fingerprint density at radius 3 is 2.70 bits per heavy atom. The quantitative estimate of drug-likeness (QED) is 0.752. The first-order valence-electron chi connectivity index (χ1n) is 9.77. The summed E-state index contributed by atoms with van der Waals surface area (Å²) in [6, 6.07) is 6.21. The van der Waals surface area contributed by atoms with Crippen molar-refractivity contribution in [2.24, 2.45) is 11.7 Å². The van der Waals surface area contributed by atoms with Crippen LogP contribution in [0.1, 0.15) is 47.2 Å². The monoisotopic (exact) mass is 368 g/mol. The summed E-state index contributed by atoms with van der Waals surface area (Å²) in [5, 5.41) is 2.34. The smallest absolute Gasteiger partial charge is 0.255 e. The first-order valence-corrected chi connectivity index (χ1v) is 9.77. The number of fused-ring (bicyclic) bond motifs is 3. The lowest BCUT2D eigenvalue weighted by Crippen LogP contribution is -2.52. The van der Waals surface area contributed by atoms with Gasteiger partial charge in [-0.05, 0) is 42.4 Å². The molecule has 27 heavy (non-hydrogen) atoms. The number of amides is 3. The van der Waals surface area contributed by atoms with E-state index in [0.29, 0.717) is 36.5 Å². The SMILES string of the molecule is N[C@@H]1[C@@H]2CC[C@H]1N(Cc1ccc3c(c1)CN(C1CCC(=O)NC1=O)C3=O)C2. The molecule has 7 heteroatoms. The third kappa shape index (κ3) is 2.68. The molecule has 4 aliphatic rings. The van der Waals surface area contributed by atoms with Gasteiger partial charge in [0.15, 0.2) is 0 Å². The van der Waals surface area contributed by atoms with E-state index in [2.05, 4.69) is 16.3 Å². The highest BCUT2D eigenvalue weighted by atomic mass is 16.2. The minimum Gasteiger partial charge on any atom is -0.326 e. The minimum atomic E-state index is -0.557. The molecule has 0 radical (unpaired) electrons.